The van der Waals surface area contributed by atoms with Crippen molar-refractivity contribution in [2.24, 2.45) is 10.2 Å². The summed E-state index contributed by atoms with van der Waals surface area (Å²) in [5.74, 6) is -0.210. The second-order valence-electron chi connectivity index (χ2n) is 7.10. The van der Waals surface area contributed by atoms with E-state index in [1.807, 2.05) is 60.7 Å². The fraction of sp³-hybridized carbons (Fsp3) is 0.250. The van der Waals surface area contributed by atoms with Crippen LogP contribution in [0.4, 0.5) is 10.1 Å². The summed E-state index contributed by atoms with van der Waals surface area (Å²) < 4.78 is 19.7. The summed E-state index contributed by atoms with van der Waals surface area (Å²) >= 11 is 0. The maximum Gasteiger partial charge on any atom is 0.127 e. The molecule has 29 heavy (non-hydrogen) atoms. The molecule has 0 aliphatic carbocycles. The molecule has 3 aromatic rings. The molecule has 1 aliphatic heterocycles. The van der Waals surface area contributed by atoms with Gasteiger partial charge < -0.3 is 4.74 Å². The first kappa shape index (κ1) is 19.4. The molecule has 0 aromatic heterocycles. The summed E-state index contributed by atoms with van der Waals surface area (Å²) in [6, 6.07) is 24.9. The Balaban J connectivity index is 1.58. The van der Waals surface area contributed by atoms with Gasteiger partial charge in [-0.25, -0.2) is 4.39 Å². The lowest BCUT2D eigenvalue weighted by atomic mass is 10.00. The normalized spacial score (nSPS) is 15.2. The zero-order valence-electron chi connectivity index (χ0n) is 16.2. The average Bonchev–Trinajstić information content (AvgIpc) is 2.78. The third-order valence-corrected chi connectivity index (χ3v) is 5.05. The number of ether oxygens (including phenoxy) is 1. The van der Waals surface area contributed by atoms with Crippen LogP contribution in [0.2, 0.25) is 0 Å². The van der Waals surface area contributed by atoms with Crippen molar-refractivity contribution in [3.63, 3.8) is 0 Å². The van der Waals surface area contributed by atoms with Crippen molar-refractivity contribution in [1.29, 1.82) is 0 Å². The van der Waals surface area contributed by atoms with E-state index in [0.29, 0.717) is 31.0 Å². The minimum Gasteiger partial charge on any atom is -0.379 e. The highest BCUT2D eigenvalue weighted by Crippen LogP contribution is 2.28. The number of hydrogen-bond acceptors (Lipinski definition) is 4. The molecule has 5 heteroatoms. The van der Waals surface area contributed by atoms with Crippen LogP contribution < -0.4 is 0 Å². The third kappa shape index (κ3) is 5.13. The lowest BCUT2D eigenvalue weighted by molar-refractivity contribution is 0.0337. The Bertz CT molecular complexity index is 901. The molecule has 0 spiro atoms. The molecule has 0 amide bonds. The third-order valence-electron chi connectivity index (χ3n) is 5.05. The van der Waals surface area contributed by atoms with Crippen molar-refractivity contribution in [2.75, 3.05) is 26.3 Å². The van der Waals surface area contributed by atoms with Gasteiger partial charge in [-0.3, -0.25) is 4.90 Å². The maximum atomic E-state index is 14.3. The van der Waals surface area contributed by atoms with Gasteiger partial charge in [0.25, 0.3) is 0 Å². The molecule has 3 aromatic carbocycles. The summed E-state index contributed by atoms with van der Waals surface area (Å²) in [4.78, 5) is 2.19. The fourth-order valence-corrected chi connectivity index (χ4v) is 3.47. The average molecular weight is 389 g/mol. The molecule has 4 rings (SSSR count). The Morgan fingerprint density at radius 1 is 0.862 bits per heavy atom. The van der Waals surface area contributed by atoms with Crippen LogP contribution in [-0.2, 0) is 11.3 Å². The number of hydrogen-bond donors (Lipinski definition) is 0. The zero-order chi connectivity index (χ0) is 19.9. The first-order valence-corrected chi connectivity index (χ1v) is 9.89. The highest BCUT2D eigenvalue weighted by Gasteiger charge is 2.15. The van der Waals surface area contributed by atoms with E-state index in [1.165, 1.54) is 6.07 Å². The molecule has 4 nitrogen and oxygen atoms in total. The van der Waals surface area contributed by atoms with Gasteiger partial charge >= 0.3 is 0 Å². The molecule has 0 unspecified atom stereocenters. The lowest BCUT2D eigenvalue weighted by Gasteiger charge is -2.26. The maximum absolute atomic E-state index is 14.3. The molecule has 0 saturated carbocycles. The van der Waals surface area contributed by atoms with Gasteiger partial charge in [-0.2, -0.15) is 10.2 Å². The lowest BCUT2D eigenvalue weighted by Crippen LogP contribution is -2.35. The predicted molar refractivity (Wildman–Crippen MR) is 112 cm³/mol. The smallest absolute Gasteiger partial charge is 0.127 e. The minimum atomic E-state index is -0.210. The molecule has 1 aliphatic rings. The second-order valence-corrected chi connectivity index (χ2v) is 7.10. The van der Waals surface area contributed by atoms with E-state index >= 15 is 0 Å². The van der Waals surface area contributed by atoms with E-state index in [4.69, 9.17) is 4.74 Å². The van der Waals surface area contributed by atoms with Gasteiger partial charge in [0.05, 0.1) is 18.9 Å². The predicted octanol–water partition coefficient (Wildman–Crippen LogP) is 5.53. The summed E-state index contributed by atoms with van der Waals surface area (Å²) in [6.45, 7) is 3.57. The van der Waals surface area contributed by atoms with E-state index in [-0.39, 0.29) is 11.9 Å². The van der Waals surface area contributed by atoms with Crippen LogP contribution in [0.15, 0.2) is 89.1 Å². The van der Waals surface area contributed by atoms with E-state index in [0.717, 1.165) is 24.2 Å². The van der Waals surface area contributed by atoms with Crippen molar-refractivity contribution in [3.05, 3.63) is 101 Å². The largest absolute Gasteiger partial charge is 0.379 e. The molecular weight excluding hydrogens is 365 g/mol. The van der Waals surface area contributed by atoms with Gasteiger partial charge in [-0.05, 0) is 29.3 Å². The Hall–Kier alpha value is -2.89. The number of morpholine rings is 1. The topological polar surface area (TPSA) is 37.2 Å². The van der Waals surface area contributed by atoms with Crippen molar-refractivity contribution < 1.29 is 9.13 Å². The number of azo groups is 1. The number of nitrogens with zero attached hydrogens (tertiary/aromatic N) is 3. The Kier molecular flexibility index (Phi) is 6.39. The van der Waals surface area contributed by atoms with E-state index in [9.17, 15) is 4.39 Å². The monoisotopic (exact) mass is 389 g/mol. The van der Waals surface area contributed by atoms with E-state index < -0.39 is 0 Å². The highest BCUT2D eigenvalue weighted by molar-refractivity contribution is 5.41. The van der Waals surface area contributed by atoms with Crippen LogP contribution in [0.1, 0.15) is 22.7 Å². The fourth-order valence-electron chi connectivity index (χ4n) is 3.47. The molecule has 0 atom stereocenters. The van der Waals surface area contributed by atoms with Gasteiger partial charge in [0.15, 0.2) is 0 Å². The minimum absolute atomic E-state index is 0.204. The van der Waals surface area contributed by atoms with Gasteiger partial charge in [0.2, 0.25) is 0 Å². The van der Waals surface area contributed by atoms with Crippen molar-refractivity contribution in [2.45, 2.75) is 12.6 Å². The van der Waals surface area contributed by atoms with Crippen molar-refractivity contribution in [3.8, 4) is 0 Å². The van der Waals surface area contributed by atoms with Crippen LogP contribution in [0.25, 0.3) is 0 Å². The first-order chi connectivity index (χ1) is 14.3. The van der Waals surface area contributed by atoms with Gasteiger partial charge in [0.1, 0.15) is 11.9 Å². The molecule has 148 valence electrons. The molecular formula is C24H24FN3O. The van der Waals surface area contributed by atoms with Crippen LogP contribution in [0.5, 0.6) is 0 Å². The molecule has 1 fully saturated rings. The SMILES string of the molecule is Fc1ccc(N=NC(c2ccccc2)c2ccccc2)cc1CN1CCOCC1. The van der Waals surface area contributed by atoms with E-state index in [2.05, 4.69) is 15.1 Å². The molecule has 1 heterocycles. The Morgan fingerprint density at radius 2 is 1.48 bits per heavy atom. The zero-order valence-corrected chi connectivity index (χ0v) is 16.2. The van der Waals surface area contributed by atoms with Gasteiger partial charge in [-0.1, -0.05) is 60.7 Å². The summed E-state index contributed by atoms with van der Waals surface area (Å²) in [5.41, 5.74) is 3.43. The number of halogens is 1. The van der Waals surface area contributed by atoms with Crippen LogP contribution >= 0.6 is 0 Å². The highest BCUT2D eigenvalue weighted by atomic mass is 19.1. The summed E-state index contributed by atoms with van der Waals surface area (Å²) in [6.07, 6.45) is 0. The van der Waals surface area contributed by atoms with Crippen LogP contribution in [0.3, 0.4) is 0 Å². The van der Waals surface area contributed by atoms with Crippen LogP contribution in [0, 0.1) is 5.82 Å². The number of rotatable bonds is 6. The Labute approximate surface area is 170 Å². The van der Waals surface area contributed by atoms with Gasteiger partial charge in [-0.15, -0.1) is 0 Å². The summed E-state index contributed by atoms with van der Waals surface area (Å²) in [7, 11) is 0. The van der Waals surface area contributed by atoms with Gasteiger partial charge in [0, 0.05) is 25.2 Å². The van der Waals surface area contributed by atoms with Crippen LogP contribution in [-0.4, -0.2) is 31.2 Å². The number of benzene rings is 3. The molecule has 0 radical (unpaired) electrons. The standard InChI is InChI=1S/C24H24FN3O/c25-23-12-11-22(17-21(23)18-28-13-15-29-16-14-28)26-27-24(19-7-3-1-4-8-19)20-9-5-2-6-10-20/h1-12,17,24H,13-16,18H2. The molecule has 0 bridgehead atoms. The first-order valence-electron chi connectivity index (χ1n) is 9.89. The van der Waals surface area contributed by atoms with E-state index in [1.54, 1.807) is 12.1 Å². The second kappa shape index (κ2) is 9.54. The Morgan fingerprint density at radius 3 is 2.10 bits per heavy atom. The molecule has 1 saturated heterocycles. The quantitative estimate of drug-likeness (QED) is 0.520. The van der Waals surface area contributed by atoms with Crippen molar-refractivity contribution >= 4 is 5.69 Å². The van der Waals surface area contributed by atoms with Crippen molar-refractivity contribution in [1.82, 2.24) is 4.90 Å². The molecule has 0 N–H and O–H groups in total. The summed E-state index contributed by atoms with van der Waals surface area (Å²) in [5, 5.41) is 9.09.